The molecule has 0 aliphatic carbocycles. The van der Waals surface area contributed by atoms with Gasteiger partial charge in [0.2, 0.25) is 0 Å². The van der Waals surface area contributed by atoms with Crippen LogP contribution in [0.2, 0.25) is 0 Å². The van der Waals surface area contributed by atoms with Gasteiger partial charge >= 0.3 is 0 Å². The zero-order valence-corrected chi connectivity index (χ0v) is 7.43. The highest BCUT2D eigenvalue weighted by Gasteiger charge is 2.11. The van der Waals surface area contributed by atoms with Gasteiger partial charge in [-0.1, -0.05) is 17.8 Å². The molecule has 1 aromatic carbocycles. The topological polar surface area (TPSA) is 29.5 Å². The molecule has 1 aromatic rings. The maximum Gasteiger partial charge on any atom is 0.138 e. The number of aliphatic hydroxyl groups is 1. The van der Waals surface area contributed by atoms with Gasteiger partial charge < -0.3 is 9.84 Å². The molecule has 3 heteroatoms. The molecule has 1 heterocycles. The van der Waals surface area contributed by atoms with Crippen LogP contribution in [0.1, 0.15) is 5.56 Å². The maximum atomic E-state index is 8.73. The highest BCUT2D eigenvalue weighted by Crippen LogP contribution is 2.36. The summed E-state index contributed by atoms with van der Waals surface area (Å²) in [6.07, 6.45) is 0.730. The van der Waals surface area contributed by atoms with Crippen LogP contribution in [0.5, 0.6) is 5.75 Å². The summed E-state index contributed by atoms with van der Waals surface area (Å²) >= 11 is 1.70. The second-order valence-corrected chi connectivity index (χ2v) is 3.63. The van der Waals surface area contributed by atoms with Crippen molar-refractivity contribution in [1.82, 2.24) is 0 Å². The van der Waals surface area contributed by atoms with Crippen molar-refractivity contribution in [3.8, 4) is 5.75 Å². The van der Waals surface area contributed by atoms with Gasteiger partial charge in [0.15, 0.2) is 0 Å². The quantitative estimate of drug-likeness (QED) is 0.754. The molecule has 1 aliphatic rings. The Bertz CT molecular complexity index is 286. The second kappa shape index (κ2) is 3.37. The van der Waals surface area contributed by atoms with Crippen LogP contribution in [0.4, 0.5) is 0 Å². The van der Waals surface area contributed by atoms with E-state index in [2.05, 4.69) is 6.07 Å². The van der Waals surface area contributed by atoms with Gasteiger partial charge in [-0.05, 0) is 24.1 Å². The van der Waals surface area contributed by atoms with Crippen molar-refractivity contribution in [3.63, 3.8) is 0 Å². The molecule has 0 saturated heterocycles. The first-order valence-electron chi connectivity index (χ1n) is 3.89. The fourth-order valence-corrected chi connectivity index (χ4v) is 2.04. The van der Waals surface area contributed by atoms with Crippen LogP contribution in [0, 0.1) is 0 Å². The SMILES string of the molecule is OCCc1ccc2c(c1)SCO2. The fourth-order valence-electron chi connectivity index (χ4n) is 1.23. The van der Waals surface area contributed by atoms with E-state index in [1.165, 1.54) is 10.5 Å². The molecule has 0 amide bonds. The van der Waals surface area contributed by atoms with Crippen molar-refractivity contribution in [1.29, 1.82) is 0 Å². The Kier molecular flexibility index (Phi) is 2.23. The molecule has 0 saturated carbocycles. The zero-order valence-electron chi connectivity index (χ0n) is 6.62. The molecule has 0 spiro atoms. The second-order valence-electron chi connectivity index (χ2n) is 2.66. The van der Waals surface area contributed by atoms with Crippen molar-refractivity contribution in [3.05, 3.63) is 23.8 Å². The van der Waals surface area contributed by atoms with Crippen LogP contribution in [-0.2, 0) is 6.42 Å². The molecule has 12 heavy (non-hydrogen) atoms. The molecule has 0 aromatic heterocycles. The predicted molar refractivity (Wildman–Crippen MR) is 48.6 cm³/mol. The lowest BCUT2D eigenvalue weighted by atomic mass is 10.1. The summed E-state index contributed by atoms with van der Waals surface area (Å²) in [7, 11) is 0. The van der Waals surface area contributed by atoms with Crippen molar-refractivity contribution in [2.24, 2.45) is 0 Å². The third-order valence-corrected chi connectivity index (χ3v) is 2.70. The summed E-state index contributed by atoms with van der Waals surface area (Å²) in [6.45, 7) is 0.213. The minimum atomic E-state index is 0.213. The summed E-state index contributed by atoms with van der Waals surface area (Å²) in [5.74, 6) is 1.69. The number of fused-ring (bicyclic) bond motifs is 1. The molecule has 0 unspecified atom stereocenters. The van der Waals surface area contributed by atoms with Gasteiger partial charge in [0.1, 0.15) is 11.7 Å². The molecule has 0 radical (unpaired) electrons. The average molecular weight is 182 g/mol. The van der Waals surface area contributed by atoms with Gasteiger partial charge in [-0.2, -0.15) is 0 Å². The first-order valence-corrected chi connectivity index (χ1v) is 4.88. The Hall–Kier alpha value is -0.670. The van der Waals surface area contributed by atoms with Crippen LogP contribution < -0.4 is 4.74 Å². The molecule has 0 atom stereocenters. The Morgan fingerprint density at radius 1 is 1.50 bits per heavy atom. The monoisotopic (exact) mass is 182 g/mol. The fraction of sp³-hybridized carbons (Fsp3) is 0.333. The maximum absolute atomic E-state index is 8.73. The van der Waals surface area contributed by atoms with Crippen molar-refractivity contribution >= 4 is 11.8 Å². The van der Waals surface area contributed by atoms with E-state index in [-0.39, 0.29) is 6.61 Å². The lowest BCUT2D eigenvalue weighted by molar-refractivity contribution is 0.299. The molecular formula is C9H10O2S. The summed E-state index contributed by atoms with van der Waals surface area (Å²) in [4.78, 5) is 1.20. The smallest absolute Gasteiger partial charge is 0.138 e. The minimum absolute atomic E-state index is 0.213. The molecular weight excluding hydrogens is 172 g/mol. The third-order valence-electron chi connectivity index (χ3n) is 1.84. The Labute approximate surface area is 75.6 Å². The first-order chi connectivity index (χ1) is 5.90. The first kappa shape index (κ1) is 7.95. The number of hydrogen-bond donors (Lipinski definition) is 1. The highest BCUT2D eigenvalue weighted by molar-refractivity contribution is 7.99. The van der Waals surface area contributed by atoms with Gasteiger partial charge in [-0.25, -0.2) is 0 Å². The van der Waals surface area contributed by atoms with Crippen molar-refractivity contribution < 1.29 is 9.84 Å². The molecule has 2 nitrogen and oxygen atoms in total. The Balaban J connectivity index is 2.26. The zero-order chi connectivity index (χ0) is 8.39. The van der Waals surface area contributed by atoms with Crippen molar-refractivity contribution in [2.45, 2.75) is 11.3 Å². The van der Waals surface area contributed by atoms with E-state index in [1.807, 2.05) is 12.1 Å². The number of ether oxygens (including phenoxy) is 1. The van der Waals surface area contributed by atoms with E-state index in [0.717, 1.165) is 18.1 Å². The van der Waals surface area contributed by atoms with Gasteiger partial charge in [-0.3, -0.25) is 0 Å². The summed E-state index contributed by atoms with van der Waals surface area (Å²) in [6, 6.07) is 6.06. The molecule has 64 valence electrons. The number of hydrogen-bond acceptors (Lipinski definition) is 3. The number of benzene rings is 1. The van der Waals surface area contributed by atoms with E-state index in [0.29, 0.717) is 0 Å². The largest absolute Gasteiger partial charge is 0.481 e. The normalized spacial score (nSPS) is 14.1. The van der Waals surface area contributed by atoms with Gasteiger partial charge in [0.25, 0.3) is 0 Å². The van der Waals surface area contributed by atoms with Crippen LogP contribution in [-0.4, -0.2) is 17.7 Å². The molecule has 1 N–H and O–H groups in total. The number of thioether (sulfide) groups is 1. The summed E-state index contributed by atoms with van der Waals surface area (Å²) in [5, 5.41) is 8.73. The van der Waals surface area contributed by atoms with E-state index in [4.69, 9.17) is 9.84 Å². The highest BCUT2D eigenvalue weighted by atomic mass is 32.2. The van der Waals surface area contributed by atoms with Crippen LogP contribution in [0.3, 0.4) is 0 Å². The Morgan fingerprint density at radius 3 is 3.25 bits per heavy atom. The van der Waals surface area contributed by atoms with E-state index in [9.17, 15) is 0 Å². The summed E-state index contributed by atoms with van der Waals surface area (Å²) < 4.78 is 5.33. The van der Waals surface area contributed by atoms with Gasteiger partial charge in [0, 0.05) is 6.61 Å². The van der Waals surface area contributed by atoms with E-state index >= 15 is 0 Å². The van der Waals surface area contributed by atoms with Crippen LogP contribution in [0.15, 0.2) is 23.1 Å². The summed E-state index contributed by atoms with van der Waals surface area (Å²) in [5.41, 5.74) is 1.18. The molecule has 1 aliphatic heterocycles. The molecule has 2 rings (SSSR count). The lowest BCUT2D eigenvalue weighted by Crippen LogP contribution is -1.90. The van der Waals surface area contributed by atoms with Gasteiger partial charge in [-0.15, -0.1) is 0 Å². The van der Waals surface area contributed by atoms with Gasteiger partial charge in [0.05, 0.1) is 4.90 Å². The van der Waals surface area contributed by atoms with Crippen LogP contribution >= 0.6 is 11.8 Å². The average Bonchev–Trinajstić information content (AvgIpc) is 2.51. The van der Waals surface area contributed by atoms with E-state index in [1.54, 1.807) is 11.8 Å². The Morgan fingerprint density at radius 2 is 2.42 bits per heavy atom. The van der Waals surface area contributed by atoms with Crippen molar-refractivity contribution in [2.75, 3.05) is 12.5 Å². The predicted octanol–water partition coefficient (Wildman–Crippen LogP) is 1.66. The van der Waals surface area contributed by atoms with E-state index < -0.39 is 0 Å². The minimum Gasteiger partial charge on any atom is -0.481 e. The lowest BCUT2D eigenvalue weighted by Gasteiger charge is -2.00. The third kappa shape index (κ3) is 1.42. The standard InChI is InChI=1S/C9H10O2S/c10-4-3-7-1-2-8-9(5-7)12-6-11-8/h1-2,5,10H,3-4,6H2. The molecule has 0 bridgehead atoms. The number of aliphatic hydroxyl groups excluding tert-OH is 1. The van der Waals surface area contributed by atoms with Crippen LogP contribution in [0.25, 0.3) is 0 Å². The number of rotatable bonds is 2. The molecule has 0 fully saturated rings.